The summed E-state index contributed by atoms with van der Waals surface area (Å²) in [6.45, 7) is 6.54. The van der Waals surface area contributed by atoms with Crippen LogP contribution in [0.3, 0.4) is 0 Å². The molecule has 0 radical (unpaired) electrons. The van der Waals surface area contributed by atoms with E-state index < -0.39 is 0 Å². The lowest BCUT2D eigenvalue weighted by molar-refractivity contribution is -0.123. The summed E-state index contributed by atoms with van der Waals surface area (Å²) < 4.78 is 0. The first-order valence-corrected chi connectivity index (χ1v) is 5.64. The van der Waals surface area contributed by atoms with Gasteiger partial charge in [0, 0.05) is 12.3 Å². The van der Waals surface area contributed by atoms with Crippen molar-refractivity contribution in [2.75, 3.05) is 0 Å². The lowest BCUT2D eigenvalue weighted by atomic mass is 9.95. The van der Waals surface area contributed by atoms with Crippen LogP contribution in [0.4, 0.5) is 0 Å². The second-order valence-corrected chi connectivity index (χ2v) is 4.88. The molecule has 1 unspecified atom stereocenters. The smallest absolute Gasteiger partial charge is 0.135 e. The van der Waals surface area contributed by atoms with Crippen molar-refractivity contribution in [1.29, 1.82) is 0 Å². The van der Waals surface area contributed by atoms with Gasteiger partial charge in [-0.05, 0) is 31.1 Å². The molecule has 0 aromatic carbocycles. The van der Waals surface area contributed by atoms with Crippen LogP contribution in [0.1, 0.15) is 52.9 Å². The molecule has 0 bridgehead atoms. The molecular weight excluding hydrogens is 160 g/mol. The first-order chi connectivity index (χ1) is 6.11. The number of rotatable bonds is 6. The predicted molar refractivity (Wildman–Crippen MR) is 55.6 cm³/mol. The van der Waals surface area contributed by atoms with Gasteiger partial charge in [0.05, 0.1) is 0 Å². The molecule has 1 heteroatoms. The minimum Gasteiger partial charge on any atom is -0.299 e. The molecule has 0 aromatic rings. The quantitative estimate of drug-likeness (QED) is 0.615. The highest BCUT2D eigenvalue weighted by molar-refractivity contribution is 5.81. The lowest BCUT2D eigenvalue weighted by Crippen LogP contribution is -2.12. The molecule has 1 saturated carbocycles. The van der Waals surface area contributed by atoms with Crippen molar-refractivity contribution in [2.45, 2.75) is 52.9 Å². The molecule has 1 atom stereocenters. The molecular formula is C12H22O. The highest BCUT2D eigenvalue weighted by atomic mass is 16.1. The van der Waals surface area contributed by atoms with Crippen molar-refractivity contribution in [3.63, 3.8) is 0 Å². The van der Waals surface area contributed by atoms with Crippen molar-refractivity contribution in [3.8, 4) is 0 Å². The molecule has 0 aromatic heterocycles. The maximum Gasteiger partial charge on any atom is 0.135 e. The second-order valence-electron chi connectivity index (χ2n) is 4.88. The van der Waals surface area contributed by atoms with E-state index in [1.54, 1.807) is 0 Å². The van der Waals surface area contributed by atoms with Crippen LogP contribution in [-0.2, 0) is 4.79 Å². The zero-order valence-electron chi connectivity index (χ0n) is 9.18. The molecule has 1 aliphatic carbocycles. The van der Waals surface area contributed by atoms with Gasteiger partial charge in [0.2, 0.25) is 0 Å². The van der Waals surface area contributed by atoms with E-state index in [1.807, 2.05) is 0 Å². The maximum absolute atomic E-state index is 11.6. The van der Waals surface area contributed by atoms with Crippen LogP contribution in [0.15, 0.2) is 0 Å². The average Bonchev–Trinajstić information content (AvgIpc) is 2.84. The third-order valence-electron chi connectivity index (χ3n) is 3.04. The molecule has 1 aliphatic rings. The fourth-order valence-corrected chi connectivity index (χ4v) is 1.77. The number of carbonyl (C=O) groups is 1. The summed E-state index contributed by atoms with van der Waals surface area (Å²) in [6.07, 6.45) is 5.68. The first-order valence-electron chi connectivity index (χ1n) is 5.64. The topological polar surface area (TPSA) is 17.1 Å². The summed E-state index contributed by atoms with van der Waals surface area (Å²) in [6, 6.07) is 0. The summed E-state index contributed by atoms with van der Waals surface area (Å²) in [5, 5.41) is 0. The van der Waals surface area contributed by atoms with E-state index in [0.717, 1.165) is 24.7 Å². The van der Waals surface area contributed by atoms with E-state index in [4.69, 9.17) is 0 Å². The zero-order valence-corrected chi connectivity index (χ0v) is 9.18. The summed E-state index contributed by atoms with van der Waals surface area (Å²) in [5.74, 6) is 2.34. The van der Waals surface area contributed by atoms with E-state index in [2.05, 4.69) is 20.8 Å². The molecule has 0 aliphatic heterocycles. The van der Waals surface area contributed by atoms with E-state index >= 15 is 0 Å². The molecule has 0 amide bonds. The van der Waals surface area contributed by atoms with E-state index in [0.29, 0.717) is 11.7 Å². The zero-order chi connectivity index (χ0) is 9.84. The standard InChI is InChI=1S/C12H22O/c1-9(2)5-4-6-12(13)10(3)11-7-8-11/h9-11H,4-8H2,1-3H3. The van der Waals surface area contributed by atoms with Crippen LogP contribution in [0.5, 0.6) is 0 Å². The summed E-state index contributed by atoms with van der Waals surface area (Å²) >= 11 is 0. The Kier molecular flexibility index (Phi) is 3.95. The largest absolute Gasteiger partial charge is 0.299 e. The van der Waals surface area contributed by atoms with E-state index in [1.165, 1.54) is 19.3 Å². The molecule has 1 nitrogen and oxygen atoms in total. The van der Waals surface area contributed by atoms with Crippen molar-refractivity contribution in [3.05, 3.63) is 0 Å². The minimum absolute atomic E-state index is 0.354. The summed E-state index contributed by atoms with van der Waals surface area (Å²) in [5.41, 5.74) is 0. The number of ketones is 1. The van der Waals surface area contributed by atoms with Gasteiger partial charge in [0.1, 0.15) is 5.78 Å². The van der Waals surface area contributed by atoms with Crippen molar-refractivity contribution >= 4 is 5.78 Å². The van der Waals surface area contributed by atoms with Gasteiger partial charge in [0.25, 0.3) is 0 Å². The van der Waals surface area contributed by atoms with E-state index in [-0.39, 0.29) is 0 Å². The number of Topliss-reactive ketones (excluding diaryl/α,β-unsaturated/α-hetero) is 1. The van der Waals surface area contributed by atoms with Gasteiger partial charge in [-0.1, -0.05) is 27.2 Å². The van der Waals surface area contributed by atoms with Gasteiger partial charge in [-0.3, -0.25) is 4.79 Å². The first kappa shape index (κ1) is 10.7. The highest BCUT2D eigenvalue weighted by Crippen LogP contribution is 2.37. The van der Waals surface area contributed by atoms with Gasteiger partial charge in [-0.15, -0.1) is 0 Å². The van der Waals surface area contributed by atoms with Gasteiger partial charge in [-0.25, -0.2) is 0 Å². The number of hydrogen-bond donors (Lipinski definition) is 0. The van der Waals surface area contributed by atoms with Crippen LogP contribution in [0.2, 0.25) is 0 Å². The SMILES string of the molecule is CC(C)CCCC(=O)C(C)C1CC1. The minimum atomic E-state index is 0.354. The molecule has 0 N–H and O–H groups in total. The molecule has 0 heterocycles. The normalized spacial score (nSPS) is 19.1. The Morgan fingerprint density at radius 2 is 1.92 bits per heavy atom. The lowest BCUT2D eigenvalue weighted by Gasteiger charge is -2.09. The fraction of sp³-hybridized carbons (Fsp3) is 0.917. The van der Waals surface area contributed by atoms with Gasteiger partial charge in [0.15, 0.2) is 0 Å². The van der Waals surface area contributed by atoms with Crippen molar-refractivity contribution < 1.29 is 4.79 Å². The Bertz CT molecular complexity index is 168. The molecule has 0 saturated heterocycles. The average molecular weight is 182 g/mol. The van der Waals surface area contributed by atoms with Gasteiger partial charge < -0.3 is 0 Å². The number of carbonyl (C=O) groups excluding carboxylic acids is 1. The third-order valence-corrected chi connectivity index (χ3v) is 3.04. The maximum atomic E-state index is 11.6. The third kappa shape index (κ3) is 3.93. The Labute approximate surface area is 81.9 Å². The van der Waals surface area contributed by atoms with Crippen LogP contribution in [0, 0.1) is 17.8 Å². The molecule has 1 fully saturated rings. The predicted octanol–water partition coefficient (Wildman–Crippen LogP) is 3.43. The molecule has 13 heavy (non-hydrogen) atoms. The Morgan fingerprint density at radius 1 is 1.31 bits per heavy atom. The van der Waals surface area contributed by atoms with Crippen LogP contribution in [-0.4, -0.2) is 5.78 Å². The van der Waals surface area contributed by atoms with Gasteiger partial charge >= 0.3 is 0 Å². The van der Waals surface area contributed by atoms with Crippen LogP contribution >= 0.6 is 0 Å². The van der Waals surface area contributed by atoms with Gasteiger partial charge in [-0.2, -0.15) is 0 Å². The Balaban J connectivity index is 2.09. The molecule has 76 valence electrons. The summed E-state index contributed by atoms with van der Waals surface area (Å²) in [4.78, 5) is 11.6. The number of hydrogen-bond acceptors (Lipinski definition) is 1. The molecule has 1 rings (SSSR count). The Hall–Kier alpha value is -0.330. The second kappa shape index (κ2) is 4.78. The van der Waals surface area contributed by atoms with Crippen molar-refractivity contribution in [1.82, 2.24) is 0 Å². The summed E-state index contributed by atoms with van der Waals surface area (Å²) in [7, 11) is 0. The monoisotopic (exact) mass is 182 g/mol. The van der Waals surface area contributed by atoms with E-state index in [9.17, 15) is 4.79 Å². The van der Waals surface area contributed by atoms with Crippen LogP contribution < -0.4 is 0 Å². The Morgan fingerprint density at radius 3 is 2.38 bits per heavy atom. The highest BCUT2D eigenvalue weighted by Gasteiger charge is 2.31. The molecule has 0 spiro atoms. The van der Waals surface area contributed by atoms with Crippen molar-refractivity contribution in [2.24, 2.45) is 17.8 Å². The van der Waals surface area contributed by atoms with Crippen LogP contribution in [0.25, 0.3) is 0 Å². The fourth-order valence-electron chi connectivity index (χ4n) is 1.77.